The van der Waals surface area contributed by atoms with E-state index in [1.165, 1.54) is 9.87 Å². The summed E-state index contributed by atoms with van der Waals surface area (Å²) in [6, 6.07) is 15.6. The Morgan fingerprint density at radius 1 is 1.03 bits per heavy atom. The van der Waals surface area contributed by atoms with E-state index < -0.39 is 10.0 Å². The zero-order valence-corrected chi connectivity index (χ0v) is 20.0. The molecular weight excluding hydrogens is 436 g/mol. The highest BCUT2D eigenvalue weighted by molar-refractivity contribution is 7.93. The van der Waals surface area contributed by atoms with Crippen molar-refractivity contribution in [1.82, 2.24) is 4.90 Å². The van der Waals surface area contributed by atoms with Crippen LogP contribution in [-0.4, -0.2) is 51.7 Å². The summed E-state index contributed by atoms with van der Waals surface area (Å²) in [5.74, 6) is 1.78. The first-order valence-electron chi connectivity index (χ1n) is 11.6. The lowest BCUT2D eigenvalue weighted by atomic mass is 9.90. The third-order valence-electron chi connectivity index (χ3n) is 6.63. The van der Waals surface area contributed by atoms with Gasteiger partial charge < -0.3 is 9.64 Å². The van der Waals surface area contributed by atoms with Crippen molar-refractivity contribution < 1.29 is 17.9 Å². The molecule has 2 aromatic rings. The van der Waals surface area contributed by atoms with Crippen LogP contribution in [0.3, 0.4) is 0 Å². The highest BCUT2D eigenvalue weighted by atomic mass is 32.2. The number of carbonyl (C=O) groups excluding carboxylic acids is 1. The first kappa shape index (κ1) is 23.4. The lowest BCUT2D eigenvalue weighted by molar-refractivity contribution is -0.127. The molecule has 2 heterocycles. The Hall–Kier alpha value is -2.80. The molecule has 2 aromatic carbocycles. The van der Waals surface area contributed by atoms with E-state index in [-0.39, 0.29) is 11.7 Å². The number of benzene rings is 2. The number of aryl methyl sites for hydroxylation is 1. The lowest BCUT2D eigenvalue weighted by Crippen LogP contribution is -2.37. The fraction of sp³-hybridized carbons (Fsp3) is 0.423. The minimum Gasteiger partial charge on any atom is -0.497 e. The first-order valence-corrected chi connectivity index (χ1v) is 13.3. The molecule has 2 aliphatic heterocycles. The molecule has 0 saturated carbocycles. The minimum atomic E-state index is -3.17. The number of sulfonamides is 1. The zero-order valence-electron chi connectivity index (χ0n) is 19.2. The number of likely N-dealkylation sites (tertiary alicyclic amines) is 1. The number of anilines is 1. The van der Waals surface area contributed by atoms with Gasteiger partial charge in [0.15, 0.2) is 0 Å². The molecule has 33 heavy (non-hydrogen) atoms. The second-order valence-corrected chi connectivity index (χ2v) is 10.8. The van der Waals surface area contributed by atoms with Gasteiger partial charge in [0.25, 0.3) is 0 Å². The van der Waals surface area contributed by atoms with Crippen molar-refractivity contribution in [2.75, 3.05) is 36.8 Å². The van der Waals surface area contributed by atoms with Crippen molar-refractivity contribution in [3.63, 3.8) is 0 Å². The topological polar surface area (TPSA) is 66.9 Å². The predicted molar refractivity (Wildman–Crippen MR) is 132 cm³/mol. The lowest BCUT2D eigenvalue weighted by Gasteiger charge is -2.31. The molecule has 0 atom stereocenters. The van der Waals surface area contributed by atoms with Crippen LogP contribution >= 0.6 is 0 Å². The van der Waals surface area contributed by atoms with Gasteiger partial charge in [-0.05, 0) is 79.5 Å². The average molecular weight is 469 g/mol. The Balaban J connectivity index is 1.23. The molecule has 2 saturated heterocycles. The van der Waals surface area contributed by atoms with Crippen molar-refractivity contribution in [1.29, 1.82) is 0 Å². The van der Waals surface area contributed by atoms with Gasteiger partial charge in [0, 0.05) is 25.7 Å². The van der Waals surface area contributed by atoms with Crippen LogP contribution in [0.1, 0.15) is 36.8 Å². The SMILES string of the molecule is COc1ccc(CCC2CCN(C(=O)/C=C/c3ccc(N4CCCS4(=O)=O)cc3)CC2)cc1. The summed E-state index contributed by atoms with van der Waals surface area (Å²) in [7, 11) is -1.49. The van der Waals surface area contributed by atoms with Crippen LogP contribution in [0.4, 0.5) is 5.69 Å². The standard InChI is InChI=1S/C26H32N2O4S/c1-32-25-12-7-21(8-13-25)3-4-23-15-18-27(19-16-23)26(29)14-9-22-5-10-24(11-6-22)28-17-2-20-33(28,30)31/h5-14,23H,2-4,15-20H2,1H3/b14-9+. The maximum absolute atomic E-state index is 12.6. The number of methoxy groups -OCH3 is 1. The van der Waals surface area contributed by atoms with Crippen LogP contribution < -0.4 is 9.04 Å². The molecule has 0 bridgehead atoms. The second-order valence-electron chi connectivity index (χ2n) is 8.82. The normalized spacial score (nSPS) is 18.7. The van der Waals surface area contributed by atoms with Crippen LogP contribution in [0.15, 0.2) is 54.6 Å². The molecule has 0 N–H and O–H groups in total. The van der Waals surface area contributed by atoms with E-state index >= 15 is 0 Å². The first-order chi connectivity index (χ1) is 15.9. The summed E-state index contributed by atoms with van der Waals surface area (Å²) in [5.41, 5.74) is 2.90. The number of piperidine rings is 1. The Kier molecular flexibility index (Phi) is 7.38. The Labute approximate surface area is 196 Å². The van der Waals surface area contributed by atoms with E-state index in [0.29, 0.717) is 24.6 Å². The molecule has 2 aliphatic rings. The van der Waals surface area contributed by atoms with E-state index in [1.807, 2.05) is 29.2 Å². The van der Waals surface area contributed by atoms with E-state index in [4.69, 9.17) is 4.74 Å². The molecule has 7 heteroatoms. The van der Waals surface area contributed by atoms with E-state index in [9.17, 15) is 13.2 Å². The Morgan fingerprint density at radius 2 is 1.73 bits per heavy atom. The van der Waals surface area contributed by atoms with Crippen molar-refractivity contribution in [2.45, 2.75) is 32.1 Å². The van der Waals surface area contributed by atoms with Gasteiger partial charge >= 0.3 is 0 Å². The minimum absolute atomic E-state index is 0.0369. The quantitative estimate of drug-likeness (QED) is 0.574. The Bertz CT molecular complexity index is 1070. The van der Waals surface area contributed by atoms with Crippen molar-refractivity contribution >= 4 is 27.7 Å². The molecule has 0 radical (unpaired) electrons. The van der Waals surface area contributed by atoms with Gasteiger partial charge in [0.05, 0.1) is 18.6 Å². The third kappa shape index (κ3) is 5.96. The molecule has 0 unspecified atom stereocenters. The average Bonchev–Trinajstić information content (AvgIpc) is 3.21. The summed E-state index contributed by atoms with van der Waals surface area (Å²) in [6.07, 6.45) is 8.36. The summed E-state index contributed by atoms with van der Waals surface area (Å²) < 4.78 is 30.8. The number of amides is 1. The fourth-order valence-corrected chi connectivity index (χ4v) is 6.12. The van der Waals surface area contributed by atoms with Crippen LogP contribution in [0.25, 0.3) is 6.08 Å². The highest BCUT2D eigenvalue weighted by Crippen LogP contribution is 2.25. The maximum atomic E-state index is 12.6. The van der Waals surface area contributed by atoms with Crippen LogP contribution in [0.2, 0.25) is 0 Å². The zero-order chi connectivity index (χ0) is 23.3. The van der Waals surface area contributed by atoms with Gasteiger partial charge in [-0.1, -0.05) is 24.3 Å². The van der Waals surface area contributed by atoms with E-state index in [0.717, 1.165) is 50.1 Å². The van der Waals surface area contributed by atoms with E-state index in [2.05, 4.69) is 12.1 Å². The van der Waals surface area contributed by atoms with Crippen LogP contribution in [0.5, 0.6) is 5.75 Å². The number of carbonyl (C=O) groups is 1. The van der Waals surface area contributed by atoms with Gasteiger partial charge in [-0.2, -0.15) is 0 Å². The molecule has 6 nitrogen and oxygen atoms in total. The van der Waals surface area contributed by atoms with Crippen molar-refractivity contribution in [3.8, 4) is 5.75 Å². The third-order valence-corrected chi connectivity index (χ3v) is 8.49. The van der Waals surface area contributed by atoms with Gasteiger partial charge in [0.2, 0.25) is 15.9 Å². The largest absolute Gasteiger partial charge is 0.497 e. The van der Waals surface area contributed by atoms with Crippen molar-refractivity contribution in [2.24, 2.45) is 5.92 Å². The summed E-state index contributed by atoms with van der Waals surface area (Å²) in [6.45, 7) is 2.12. The molecular formula is C26H32N2O4S. The molecule has 4 rings (SSSR count). The number of nitrogens with zero attached hydrogens (tertiary/aromatic N) is 2. The maximum Gasteiger partial charge on any atom is 0.246 e. The van der Waals surface area contributed by atoms with Gasteiger partial charge in [-0.25, -0.2) is 8.42 Å². The van der Waals surface area contributed by atoms with Gasteiger partial charge in [-0.3, -0.25) is 9.10 Å². The molecule has 1 amide bonds. The number of hydrogen-bond acceptors (Lipinski definition) is 4. The number of hydrogen-bond donors (Lipinski definition) is 0. The highest BCUT2D eigenvalue weighted by Gasteiger charge is 2.28. The fourth-order valence-electron chi connectivity index (χ4n) is 4.56. The summed E-state index contributed by atoms with van der Waals surface area (Å²) in [4.78, 5) is 14.5. The van der Waals surface area contributed by atoms with Gasteiger partial charge in [0.1, 0.15) is 5.75 Å². The predicted octanol–water partition coefficient (Wildman–Crippen LogP) is 4.12. The molecule has 0 aliphatic carbocycles. The molecule has 2 fully saturated rings. The smallest absolute Gasteiger partial charge is 0.246 e. The van der Waals surface area contributed by atoms with Crippen LogP contribution in [0, 0.1) is 5.92 Å². The molecule has 0 aromatic heterocycles. The Morgan fingerprint density at radius 3 is 2.33 bits per heavy atom. The van der Waals surface area contributed by atoms with Gasteiger partial charge in [-0.15, -0.1) is 0 Å². The summed E-state index contributed by atoms with van der Waals surface area (Å²) in [5, 5.41) is 0. The van der Waals surface area contributed by atoms with Crippen molar-refractivity contribution in [3.05, 3.63) is 65.7 Å². The summed E-state index contributed by atoms with van der Waals surface area (Å²) >= 11 is 0. The number of ether oxygens (including phenoxy) is 1. The second kappa shape index (κ2) is 10.4. The monoisotopic (exact) mass is 468 g/mol. The number of rotatable bonds is 7. The molecule has 0 spiro atoms. The van der Waals surface area contributed by atoms with Crippen LogP contribution in [-0.2, 0) is 21.2 Å². The molecule has 176 valence electrons. The van der Waals surface area contributed by atoms with E-state index in [1.54, 1.807) is 31.4 Å².